The van der Waals surface area contributed by atoms with Crippen LogP contribution in [0.2, 0.25) is 0 Å². The predicted molar refractivity (Wildman–Crippen MR) is 109 cm³/mol. The first kappa shape index (κ1) is 21.3. The Morgan fingerprint density at radius 2 is 1.04 bits per heavy atom. The standard InChI is InChI=1S/C22H27O4P/c1-8-26-27(25,21(23)19-15(4)9-13(2)10-16(19)5)22(24)20-17(6)11-14(3)12-18(20)7/h9-12H,8H2,1-7H3. The van der Waals surface area contributed by atoms with Gasteiger partial charge in [-0.2, -0.15) is 0 Å². The van der Waals surface area contributed by atoms with Crippen molar-refractivity contribution in [3.05, 3.63) is 68.8 Å². The molecule has 0 amide bonds. The molecule has 2 aromatic rings. The lowest BCUT2D eigenvalue weighted by molar-refractivity contribution is 0.0996. The first-order valence-electron chi connectivity index (χ1n) is 9.03. The summed E-state index contributed by atoms with van der Waals surface area (Å²) < 4.78 is 19.1. The van der Waals surface area contributed by atoms with Gasteiger partial charge in [0.25, 0.3) is 11.0 Å². The van der Waals surface area contributed by atoms with Gasteiger partial charge in [0.15, 0.2) is 0 Å². The van der Waals surface area contributed by atoms with Gasteiger partial charge in [-0.15, -0.1) is 0 Å². The number of carbonyl (C=O) groups excluding carboxylic acids is 2. The maximum absolute atomic E-state index is 13.7. The topological polar surface area (TPSA) is 60.4 Å². The van der Waals surface area contributed by atoms with Crippen LogP contribution in [0.5, 0.6) is 0 Å². The van der Waals surface area contributed by atoms with Gasteiger partial charge < -0.3 is 4.52 Å². The van der Waals surface area contributed by atoms with E-state index in [1.54, 1.807) is 34.6 Å². The maximum Gasteiger partial charge on any atom is 0.340 e. The van der Waals surface area contributed by atoms with Gasteiger partial charge in [0.1, 0.15) is 0 Å². The van der Waals surface area contributed by atoms with Gasteiger partial charge in [-0.1, -0.05) is 35.4 Å². The van der Waals surface area contributed by atoms with Gasteiger partial charge in [-0.25, -0.2) is 0 Å². The molecule has 0 fully saturated rings. The van der Waals surface area contributed by atoms with E-state index in [4.69, 9.17) is 4.52 Å². The maximum atomic E-state index is 13.7. The molecule has 0 unspecified atom stereocenters. The Labute approximate surface area is 161 Å². The molecule has 2 aromatic carbocycles. The van der Waals surface area contributed by atoms with Crippen molar-refractivity contribution in [1.29, 1.82) is 0 Å². The summed E-state index contributed by atoms with van der Waals surface area (Å²) in [4.78, 5) is 26.6. The molecule has 27 heavy (non-hydrogen) atoms. The highest BCUT2D eigenvalue weighted by atomic mass is 31.2. The minimum absolute atomic E-state index is 0.0165. The summed E-state index contributed by atoms with van der Waals surface area (Å²) in [6.45, 7) is 12.7. The third-order valence-electron chi connectivity index (χ3n) is 4.63. The fraction of sp³-hybridized carbons (Fsp3) is 0.364. The monoisotopic (exact) mass is 386 g/mol. The molecule has 0 aliphatic carbocycles. The molecule has 0 saturated heterocycles. The largest absolute Gasteiger partial charge is 0.340 e. The highest BCUT2D eigenvalue weighted by Crippen LogP contribution is 2.54. The Hall–Kier alpha value is -2.03. The summed E-state index contributed by atoms with van der Waals surface area (Å²) >= 11 is 0. The quantitative estimate of drug-likeness (QED) is 0.586. The zero-order valence-corrected chi connectivity index (χ0v) is 18.0. The zero-order valence-electron chi connectivity index (χ0n) is 17.1. The van der Waals surface area contributed by atoms with E-state index in [9.17, 15) is 14.2 Å². The van der Waals surface area contributed by atoms with Gasteiger partial charge in [0, 0.05) is 11.1 Å². The highest BCUT2D eigenvalue weighted by molar-refractivity contribution is 7.91. The smallest absolute Gasteiger partial charge is 0.318 e. The van der Waals surface area contributed by atoms with E-state index in [1.165, 1.54) is 0 Å². The van der Waals surface area contributed by atoms with Crippen LogP contribution >= 0.6 is 7.37 Å². The first-order valence-corrected chi connectivity index (χ1v) is 10.7. The summed E-state index contributed by atoms with van der Waals surface area (Å²) in [7, 11) is -4.26. The van der Waals surface area contributed by atoms with Gasteiger partial charge in [-0.3, -0.25) is 14.2 Å². The lowest BCUT2D eigenvalue weighted by Gasteiger charge is -2.20. The number of benzene rings is 2. The van der Waals surface area contributed by atoms with Crippen LogP contribution in [0.1, 0.15) is 61.0 Å². The summed E-state index contributed by atoms with van der Waals surface area (Å²) in [5.74, 6) is 0. The van der Waals surface area contributed by atoms with Crippen molar-refractivity contribution < 1.29 is 18.7 Å². The van der Waals surface area contributed by atoms with Crippen LogP contribution in [0.15, 0.2) is 24.3 Å². The molecule has 0 atom stereocenters. The second kappa shape index (κ2) is 7.92. The Bertz CT molecular complexity index is 853. The molecule has 0 N–H and O–H groups in total. The Kier molecular flexibility index (Phi) is 6.24. The van der Waals surface area contributed by atoms with Crippen molar-refractivity contribution in [2.24, 2.45) is 0 Å². The normalized spacial score (nSPS) is 11.5. The molecule has 0 aliphatic heterocycles. The van der Waals surface area contributed by atoms with E-state index in [0.717, 1.165) is 11.1 Å². The van der Waals surface area contributed by atoms with Crippen LogP contribution in [-0.2, 0) is 9.09 Å². The molecule has 5 heteroatoms. The number of carbonyl (C=O) groups is 2. The predicted octanol–water partition coefficient (Wildman–Crippen LogP) is 5.83. The fourth-order valence-corrected chi connectivity index (χ4v) is 5.80. The van der Waals surface area contributed by atoms with Crippen LogP contribution in [-0.4, -0.2) is 17.7 Å². The van der Waals surface area contributed by atoms with Gasteiger partial charge in [-0.05, 0) is 70.7 Å². The third-order valence-corrected chi connectivity index (χ3v) is 6.77. The van der Waals surface area contributed by atoms with Crippen LogP contribution < -0.4 is 0 Å². The van der Waals surface area contributed by atoms with E-state index in [-0.39, 0.29) is 6.61 Å². The van der Waals surface area contributed by atoms with Crippen LogP contribution in [0.4, 0.5) is 0 Å². The molecule has 0 bridgehead atoms. The molecule has 0 spiro atoms. The minimum Gasteiger partial charge on any atom is -0.318 e. The molecule has 0 aromatic heterocycles. The fourth-order valence-electron chi connectivity index (χ4n) is 3.72. The Morgan fingerprint density at radius 3 is 1.30 bits per heavy atom. The summed E-state index contributed by atoms with van der Waals surface area (Å²) in [6.07, 6.45) is 0. The van der Waals surface area contributed by atoms with E-state index >= 15 is 0 Å². The Balaban J connectivity index is 2.67. The Morgan fingerprint density at radius 1 is 0.741 bits per heavy atom. The third kappa shape index (κ3) is 3.97. The van der Waals surface area contributed by atoms with E-state index in [0.29, 0.717) is 33.4 Å². The minimum atomic E-state index is -4.26. The number of hydrogen-bond donors (Lipinski definition) is 0. The molecular formula is C22H27O4P. The van der Waals surface area contributed by atoms with Gasteiger partial charge in [0.05, 0.1) is 6.61 Å². The molecule has 0 radical (unpaired) electrons. The van der Waals surface area contributed by atoms with Crippen molar-refractivity contribution >= 4 is 18.4 Å². The van der Waals surface area contributed by atoms with E-state index < -0.39 is 18.4 Å². The molecule has 0 saturated carbocycles. The number of rotatable bonds is 6. The molecular weight excluding hydrogens is 359 g/mol. The first-order chi connectivity index (χ1) is 12.5. The average molecular weight is 386 g/mol. The molecule has 0 aliphatic rings. The van der Waals surface area contributed by atoms with Crippen molar-refractivity contribution in [2.45, 2.75) is 48.5 Å². The zero-order chi connectivity index (χ0) is 20.5. The lowest BCUT2D eigenvalue weighted by atomic mass is 10.0. The summed E-state index contributed by atoms with van der Waals surface area (Å²) in [5.41, 5.74) is 3.98. The van der Waals surface area contributed by atoms with E-state index in [2.05, 4.69) is 0 Å². The molecule has 4 nitrogen and oxygen atoms in total. The van der Waals surface area contributed by atoms with Crippen molar-refractivity contribution in [1.82, 2.24) is 0 Å². The second-order valence-electron chi connectivity index (χ2n) is 7.13. The SMILES string of the molecule is CCOP(=O)(C(=O)c1c(C)cc(C)cc1C)C(=O)c1c(C)cc(C)cc1C. The van der Waals surface area contributed by atoms with Crippen LogP contribution in [0.25, 0.3) is 0 Å². The summed E-state index contributed by atoms with van der Waals surface area (Å²) in [5, 5.41) is 0. The lowest BCUT2D eigenvalue weighted by Crippen LogP contribution is -2.17. The number of hydrogen-bond acceptors (Lipinski definition) is 4. The molecule has 2 rings (SSSR count). The molecule has 144 valence electrons. The van der Waals surface area contributed by atoms with E-state index in [1.807, 2.05) is 38.1 Å². The van der Waals surface area contributed by atoms with Crippen molar-refractivity contribution in [3.63, 3.8) is 0 Å². The van der Waals surface area contributed by atoms with Crippen molar-refractivity contribution in [3.8, 4) is 0 Å². The molecule has 0 heterocycles. The number of aryl methyl sites for hydroxylation is 6. The van der Waals surface area contributed by atoms with Crippen LogP contribution in [0.3, 0.4) is 0 Å². The highest BCUT2D eigenvalue weighted by Gasteiger charge is 2.44. The van der Waals surface area contributed by atoms with Gasteiger partial charge >= 0.3 is 7.37 Å². The average Bonchev–Trinajstić information content (AvgIpc) is 2.52. The van der Waals surface area contributed by atoms with Crippen LogP contribution in [0, 0.1) is 41.5 Å². The van der Waals surface area contributed by atoms with Crippen molar-refractivity contribution in [2.75, 3.05) is 6.61 Å². The van der Waals surface area contributed by atoms with Gasteiger partial charge in [0.2, 0.25) is 0 Å². The second-order valence-corrected chi connectivity index (χ2v) is 9.30. The summed E-state index contributed by atoms with van der Waals surface area (Å²) in [6, 6.07) is 7.40.